The normalized spacial score (nSPS) is 19.6. The summed E-state index contributed by atoms with van der Waals surface area (Å²) in [6.07, 6.45) is 22.6. The lowest BCUT2D eigenvalue weighted by molar-refractivity contribution is 0.529. The van der Waals surface area contributed by atoms with Crippen LogP contribution in [0.2, 0.25) is 0 Å². The summed E-state index contributed by atoms with van der Waals surface area (Å²) in [5, 5.41) is 8.56. The van der Waals surface area contributed by atoms with Crippen molar-refractivity contribution in [3.05, 3.63) is 229 Å². The molecule has 278 valence electrons. The monoisotopic (exact) mass is 737 g/mol. The fourth-order valence-corrected chi connectivity index (χ4v) is 8.59. The van der Waals surface area contributed by atoms with Gasteiger partial charge in [-0.3, -0.25) is 0 Å². The minimum atomic E-state index is -0.104. The van der Waals surface area contributed by atoms with Crippen LogP contribution in [0.5, 0.6) is 0 Å². The number of para-hydroxylation sites is 1. The quantitative estimate of drug-likeness (QED) is 0.141. The van der Waals surface area contributed by atoms with E-state index in [1.54, 1.807) is 0 Å². The van der Waals surface area contributed by atoms with Crippen LogP contribution in [0.4, 0.5) is 0 Å². The van der Waals surface area contributed by atoms with Gasteiger partial charge in [0.25, 0.3) is 0 Å². The summed E-state index contributed by atoms with van der Waals surface area (Å²) < 4.78 is 6.79. The Morgan fingerprint density at radius 1 is 0.719 bits per heavy atom. The Morgan fingerprint density at radius 2 is 1.40 bits per heavy atom. The average Bonchev–Trinajstić information content (AvgIpc) is 3.66. The molecule has 0 amide bonds. The maximum Gasteiger partial charge on any atom is 0.139 e. The van der Waals surface area contributed by atoms with E-state index in [1.165, 1.54) is 55.1 Å². The third kappa shape index (κ3) is 7.16. The van der Waals surface area contributed by atoms with E-state index >= 15 is 0 Å². The highest BCUT2D eigenvalue weighted by atomic mass is 16.3. The van der Waals surface area contributed by atoms with E-state index in [-0.39, 0.29) is 17.4 Å². The molecule has 0 aliphatic heterocycles. The summed E-state index contributed by atoms with van der Waals surface area (Å²) in [6, 6.07) is 49.5. The molecule has 0 saturated carbocycles. The number of rotatable bonds is 10. The maximum absolute atomic E-state index is 6.79. The zero-order chi connectivity index (χ0) is 38.8. The molecule has 1 heterocycles. The van der Waals surface area contributed by atoms with Gasteiger partial charge in [-0.2, -0.15) is 0 Å². The van der Waals surface area contributed by atoms with Crippen LogP contribution in [0.3, 0.4) is 0 Å². The highest BCUT2D eigenvalue weighted by molar-refractivity contribution is 6.19. The topological polar surface area (TPSA) is 25.2 Å². The number of benzene rings is 6. The van der Waals surface area contributed by atoms with Crippen molar-refractivity contribution >= 4 is 43.9 Å². The van der Waals surface area contributed by atoms with Gasteiger partial charge in [-0.05, 0) is 74.7 Å². The van der Waals surface area contributed by atoms with Gasteiger partial charge in [0.2, 0.25) is 0 Å². The van der Waals surface area contributed by atoms with E-state index in [1.807, 2.05) is 0 Å². The Bertz CT molecular complexity index is 2790. The van der Waals surface area contributed by atoms with E-state index in [0.29, 0.717) is 0 Å². The van der Waals surface area contributed by atoms with Crippen LogP contribution in [0.1, 0.15) is 49.3 Å². The molecule has 7 aromatic rings. The Kier molecular flexibility index (Phi) is 9.78. The van der Waals surface area contributed by atoms with Crippen molar-refractivity contribution in [2.75, 3.05) is 0 Å². The number of hydrogen-bond acceptors (Lipinski definition) is 2. The second-order valence-electron chi connectivity index (χ2n) is 15.5. The molecular weight excluding hydrogens is 691 g/mol. The first-order chi connectivity index (χ1) is 28.0. The maximum atomic E-state index is 6.79. The van der Waals surface area contributed by atoms with Gasteiger partial charge in [0.15, 0.2) is 0 Å². The Morgan fingerprint density at radius 3 is 2.16 bits per heavy atom. The van der Waals surface area contributed by atoms with E-state index in [0.717, 1.165) is 40.7 Å². The molecule has 6 aromatic carbocycles. The standard InChI is InChI=1S/C55H47NO/c1-4-14-46(55(3)35-33-43(34-36-55)40-17-9-6-10-18-40)30-23-38(2)56-51-31-28-45(42-26-24-41(25-27-42)39-15-7-5-8-16-39)37-50(51)48-21-13-22-49-53-47-20-12-11-19-44(47)29-32-52(53)57-54(48)49/h5-35,37,50-51,56H,2,4,36H2,1,3H3/b30-23-,46-14+. The van der Waals surface area contributed by atoms with Gasteiger partial charge in [-0.1, -0.05) is 202 Å². The minimum absolute atomic E-state index is 0.0227. The average molecular weight is 738 g/mol. The van der Waals surface area contributed by atoms with Crippen LogP contribution in [0.15, 0.2) is 216 Å². The number of fused-ring (bicyclic) bond motifs is 5. The second kappa shape index (κ2) is 15.5. The highest BCUT2D eigenvalue weighted by Crippen LogP contribution is 2.42. The molecule has 2 heteroatoms. The van der Waals surface area contributed by atoms with Gasteiger partial charge in [-0.15, -0.1) is 0 Å². The van der Waals surface area contributed by atoms with Crippen LogP contribution < -0.4 is 5.32 Å². The van der Waals surface area contributed by atoms with E-state index in [2.05, 4.69) is 220 Å². The number of nitrogens with one attached hydrogen (secondary N) is 1. The van der Waals surface area contributed by atoms with Gasteiger partial charge in [-0.25, -0.2) is 0 Å². The van der Waals surface area contributed by atoms with Crippen LogP contribution in [-0.2, 0) is 0 Å². The Hall–Kier alpha value is -6.64. The first-order valence-electron chi connectivity index (χ1n) is 20.2. The smallest absolute Gasteiger partial charge is 0.139 e. The molecule has 3 atom stereocenters. The summed E-state index contributed by atoms with van der Waals surface area (Å²) in [6.45, 7) is 9.08. The number of allylic oxidation sites excluding steroid dienone is 10. The lowest BCUT2D eigenvalue weighted by Crippen LogP contribution is -2.32. The summed E-state index contributed by atoms with van der Waals surface area (Å²) in [4.78, 5) is 0. The van der Waals surface area contributed by atoms with Gasteiger partial charge >= 0.3 is 0 Å². The zero-order valence-electron chi connectivity index (χ0n) is 32.7. The summed E-state index contributed by atoms with van der Waals surface area (Å²) in [5.41, 5.74) is 12.4. The van der Waals surface area contributed by atoms with Crippen molar-refractivity contribution in [1.82, 2.24) is 5.32 Å². The van der Waals surface area contributed by atoms with Crippen molar-refractivity contribution in [2.45, 2.75) is 38.6 Å². The van der Waals surface area contributed by atoms with Gasteiger partial charge in [0.05, 0.1) is 6.04 Å². The van der Waals surface area contributed by atoms with E-state index in [9.17, 15) is 0 Å². The fourth-order valence-electron chi connectivity index (χ4n) is 8.59. The molecule has 2 nitrogen and oxygen atoms in total. The van der Waals surface area contributed by atoms with Crippen LogP contribution >= 0.6 is 0 Å². The zero-order valence-corrected chi connectivity index (χ0v) is 32.7. The van der Waals surface area contributed by atoms with Crippen LogP contribution in [0.25, 0.3) is 55.0 Å². The second-order valence-corrected chi connectivity index (χ2v) is 15.5. The molecule has 57 heavy (non-hydrogen) atoms. The molecule has 0 fully saturated rings. The van der Waals surface area contributed by atoms with Gasteiger partial charge < -0.3 is 9.73 Å². The molecule has 2 aliphatic rings. The van der Waals surface area contributed by atoms with Crippen LogP contribution in [-0.4, -0.2) is 6.04 Å². The van der Waals surface area contributed by atoms with Crippen LogP contribution in [0, 0.1) is 5.41 Å². The summed E-state index contributed by atoms with van der Waals surface area (Å²) in [7, 11) is 0. The molecule has 1 N–H and O–H groups in total. The van der Waals surface area contributed by atoms with Crippen molar-refractivity contribution < 1.29 is 4.42 Å². The minimum Gasteiger partial charge on any atom is -0.456 e. The molecule has 1 aromatic heterocycles. The predicted molar refractivity (Wildman–Crippen MR) is 243 cm³/mol. The van der Waals surface area contributed by atoms with Crippen molar-refractivity contribution in [3.8, 4) is 11.1 Å². The molecule has 0 radical (unpaired) electrons. The van der Waals surface area contributed by atoms with E-state index in [4.69, 9.17) is 4.42 Å². The summed E-state index contributed by atoms with van der Waals surface area (Å²) in [5.74, 6) is -0.0227. The largest absolute Gasteiger partial charge is 0.456 e. The number of hydrogen-bond donors (Lipinski definition) is 1. The third-order valence-electron chi connectivity index (χ3n) is 11.7. The Labute approximate surface area is 336 Å². The molecule has 3 unspecified atom stereocenters. The van der Waals surface area contributed by atoms with Crippen molar-refractivity contribution in [3.63, 3.8) is 0 Å². The summed E-state index contributed by atoms with van der Waals surface area (Å²) >= 11 is 0. The molecule has 9 rings (SSSR count). The third-order valence-corrected chi connectivity index (χ3v) is 11.7. The first-order valence-corrected chi connectivity index (χ1v) is 20.2. The molecule has 0 spiro atoms. The van der Waals surface area contributed by atoms with Gasteiger partial charge in [0.1, 0.15) is 11.2 Å². The molecule has 2 aliphatic carbocycles. The fraction of sp³-hybridized carbons (Fsp3) is 0.127. The SMILES string of the molecule is C=C(/C=C\C(=C/CC)C1(C)C=CC(c2ccccc2)=CC1)NC1C=CC(c2ccc(-c3ccccc3)cc2)=CC1c1cccc2c1oc1ccc3ccccc3c12. The van der Waals surface area contributed by atoms with Crippen molar-refractivity contribution in [1.29, 1.82) is 0 Å². The van der Waals surface area contributed by atoms with E-state index < -0.39 is 0 Å². The van der Waals surface area contributed by atoms with Gasteiger partial charge in [0, 0.05) is 33.4 Å². The first kappa shape index (κ1) is 36.0. The lowest BCUT2D eigenvalue weighted by Gasteiger charge is -2.31. The molecule has 0 saturated heterocycles. The molecule has 0 bridgehead atoms. The predicted octanol–water partition coefficient (Wildman–Crippen LogP) is 14.6. The Balaban J connectivity index is 1.04. The lowest BCUT2D eigenvalue weighted by atomic mass is 9.74. The molecular formula is C55H47NO. The highest BCUT2D eigenvalue weighted by Gasteiger charge is 2.28. The van der Waals surface area contributed by atoms with Crippen molar-refractivity contribution in [2.24, 2.45) is 5.41 Å². The number of furan rings is 1.